The van der Waals surface area contributed by atoms with Crippen molar-refractivity contribution in [2.24, 2.45) is 11.3 Å². The highest BCUT2D eigenvalue weighted by Crippen LogP contribution is 2.48. The average Bonchev–Trinajstić information content (AvgIpc) is 2.12. The number of rotatable bonds is 1. The molecule has 2 fully saturated rings. The first-order chi connectivity index (χ1) is 8.20. The summed E-state index contributed by atoms with van der Waals surface area (Å²) in [4.78, 5) is 19.7. The maximum atomic E-state index is 10.8. The van der Waals surface area contributed by atoms with Crippen molar-refractivity contribution in [1.82, 2.24) is 10.8 Å². The molecule has 1 spiro atoms. The Morgan fingerprint density at radius 3 is 1.94 bits per heavy atom. The molecule has 6 nitrogen and oxygen atoms in total. The lowest BCUT2D eigenvalue weighted by atomic mass is 9.58. The number of carboxylic acids is 1. The van der Waals surface area contributed by atoms with Crippen LogP contribution >= 0.6 is 0 Å². The van der Waals surface area contributed by atoms with Crippen LogP contribution in [0.1, 0.15) is 12.8 Å². The minimum atomic E-state index is -5.08. The molecule has 9 heteroatoms. The number of carboxylic acid groups (broad SMARTS) is 1. The second kappa shape index (κ2) is 5.11. The van der Waals surface area contributed by atoms with Gasteiger partial charge in [0.25, 0.3) is 0 Å². The number of hydrogen-bond acceptors (Lipinski definition) is 4. The van der Waals surface area contributed by atoms with Crippen LogP contribution in [0, 0.1) is 11.3 Å². The van der Waals surface area contributed by atoms with Gasteiger partial charge in [0.05, 0.1) is 0 Å². The van der Waals surface area contributed by atoms with Gasteiger partial charge < -0.3 is 10.4 Å². The smallest absolute Gasteiger partial charge is 0.475 e. The number of carbonyl (C=O) groups is 2. The molecule has 1 saturated carbocycles. The van der Waals surface area contributed by atoms with Gasteiger partial charge in [-0.25, -0.2) is 10.3 Å². The third-order valence-corrected chi connectivity index (χ3v) is 3.08. The predicted octanol–water partition coefficient (Wildman–Crippen LogP) is 0.125. The van der Waals surface area contributed by atoms with Crippen LogP contribution in [0.15, 0.2) is 0 Å². The number of hydroxylamine groups is 1. The van der Waals surface area contributed by atoms with E-state index in [9.17, 15) is 18.0 Å². The van der Waals surface area contributed by atoms with Gasteiger partial charge in [-0.05, 0) is 18.3 Å². The van der Waals surface area contributed by atoms with Crippen molar-refractivity contribution in [1.29, 1.82) is 0 Å². The molecular weight excluding hydrogens is 257 g/mol. The summed E-state index contributed by atoms with van der Waals surface area (Å²) in [5.41, 5.74) is 2.11. The zero-order chi connectivity index (χ0) is 14.0. The number of carbonyl (C=O) groups excluding carboxylic acids is 1. The SMILES string of the molecule is O=C(NO)C1CC2(CNC2)C1.O=C(O)C(F)(F)F. The molecule has 2 rings (SSSR count). The van der Waals surface area contributed by atoms with Crippen LogP contribution in [0.4, 0.5) is 13.2 Å². The summed E-state index contributed by atoms with van der Waals surface area (Å²) in [6.07, 6.45) is -3.21. The zero-order valence-electron chi connectivity index (χ0n) is 9.25. The molecular formula is C9H13F3N2O4. The van der Waals surface area contributed by atoms with Crippen molar-refractivity contribution in [2.45, 2.75) is 19.0 Å². The molecule has 0 aromatic heterocycles. The number of aliphatic carboxylic acids is 1. The van der Waals surface area contributed by atoms with E-state index >= 15 is 0 Å². The quantitative estimate of drug-likeness (QED) is 0.401. The lowest BCUT2D eigenvalue weighted by molar-refractivity contribution is -0.192. The van der Waals surface area contributed by atoms with Crippen LogP contribution in [0.3, 0.4) is 0 Å². The summed E-state index contributed by atoms with van der Waals surface area (Å²) in [6, 6.07) is 0. The largest absolute Gasteiger partial charge is 0.490 e. The molecule has 1 aliphatic carbocycles. The van der Waals surface area contributed by atoms with E-state index < -0.39 is 12.1 Å². The van der Waals surface area contributed by atoms with Crippen LogP contribution in [-0.4, -0.2) is 41.5 Å². The Kier molecular flexibility index (Phi) is 4.17. The maximum Gasteiger partial charge on any atom is 0.490 e. The minimum absolute atomic E-state index is 0.0575. The third-order valence-electron chi connectivity index (χ3n) is 3.08. The first-order valence-electron chi connectivity index (χ1n) is 5.15. The number of nitrogens with one attached hydrogen (secondary N) is 2. The van der Waals surface area contributed by atoms with Crippen LogP contribution in [0.2, 0.25) is 0 Å². The van der Waals surface area contributed by atoms with Crippen molar-refractivity contribution in [3.05, 3.63) is 0 Å². The van der Waals surface area contributed by atoms with Crippen molar-refractivity contribution >= 4 is 11.9 Å². The molecule has 2 aliphatic rings. The molecule has 104 valence electrons. The summed E-state index contributed by atoms with van der Waals surface area (Å²) < 4.78 is 31.7. The first kappa shape index (κ1) is 14.7. The van der Waals surface area contributed by atoms with Crippen LogP contribution in [0.5, 0.6) is 0 Å². The van der Waals surface area contributed by atoms with E-state index in [1.54, 1.807) is 5.48 Å². The van der Waals surface area contributed by atoms with Gasteiger partial charge in [0, 0.05) is 19.0 Å². The van der Waals surface area contributed by atoms with Crippen molar-refractivity contribution in [2.75, 3.05) is 13.1 Å². The zero-order valence-corrected chi connectivity index (χ0v) is 9.25. The number of halogens is 3. The second-order valence-corrected chi connectivity index (χ2v) is 4.49. The second-order valence-electron chi connectivity index (χ2n) is 4.49. The van der Waals surface area contributed by atoms with Gasteiger partial charge in [0.2, 0.25) is 5.91 Å². The van der Waals surface area contributed by atoms with Crippen molar-refractivity contribution in [3.8, 4) is 0 Å². The Labute approximate surface area is 100 Å². The lowest BCUT2D eigenvalue weighted by Crippen LogP contribution is -2.62. The summed E-state index contributed by atoms with van der Waals surface area (Å²) in [6.45, 7) is 2.09. The lowest BCUT2D eigenvalue weighted by Gasteiger charge is -2.53. The minimum Gasteiger partial charge on any atom is -0.475 e. The van der Waals surface area contributed by atoms with E-state index in [2.05, 4.69) is 5.32 Å². The van der Waals surface area contributed by atoms with Crippen molar-refractivity contribution < 1.29 is 33.1 Å². The maximum absolute atomic E-state index is 10.8. The Balaban J connectivity index is 0.000000203. The molecule has 0 aromatic carbocycles. The van der Waals surface area contributed by atoms with E-state index in [-0.39, 0.29) is 11.8 Å². The van der Waals surface area contributed by atoms with Crippen LogP contribution in [0.25, 0.3) is 0 Å². The van der Waals surface area contributed by atoms with Gasteiger partial charge in [-0.3, -0.25) is 10.0 Å². The molecule has 1 saturated heterocycles. The van der Waals surface area contributed by atoms with Gasteiger partial charge in [-0.1, -0.05) is 0 Å². The molecule has 1 aliphatic heterocycles. The normalized spacial score (nSPS) is 21.1. The van der Waals surface area contributed by atoms with E-state index in [1.807, 2.05) is 0 Å². The van der Waals surface area contributed by atoms with Crippen LogP contribution in [-0.2, 0) is 9.59 Å². The van der Waals surface area contributed by atoms with Crippen LogP contribution < -0.4 is 10.8 Å². The number of amides is 1. The van der Waals surface area contributed by atoms with Gasteiger partial charge in [-0.15, -0.1) is 0 Å². The number of hydrogen-bond donors (Lipinski definition) is 4. The fourth-order valence-corrected chi connectivity index (χ4v) is 2.03. The highest BCUT2D eigenvalue weighted by molar-refractivity contribution is 5.78. The highest BCUT2D eigenvalue weighted by Gasteiger charge is 2.50. The molecule has 0 atom stereocenters. The summed E-state index contributed by atoms with van der Waals surface area (Å²) in [5.74, 6) is -2.92. The molecule has 4 N–H and O–H groups in total. The monoisotopic (exact) mass is 270 g/mol. The van der Waals surface area contributed by atoms with Gasteiger partial charge in [-0.2, -0.15) is 13.2 Å². The van der Waals surface area contributed by atoms with Crippen molar-refractivity contribution in [3.63, 3.8) is 0 Å². The van der Waals surface area contributed by atoms with Gasteiger partial charge >= 0.3 is 12.1 Å². The number of alkyl halides is 3. The molecule has 0 bridgehead atoms. The van der Waals surface area contributed by atoms with E-state index in [0.29, 0.717) is 5.41 Å². The Morgan fingerprint density at radius 1 is 1.28 bits per heavy atom. The molecule has 1 heterocycles. The first-order valence-corrected chi connectivity index (χ1v) is 5.15. The summed E-state index contributed by atoms with van der Waals surface area (Å²) >= 11 is 0. The van der Waals surface area contributed by atoms with Gasteiger partial charge in [0.15, 0.2) is 0 Å². The van der Waals surface area contributed by atoms with Gasteiger partial charge in [0.1, 0.15) is 0 Å². The topological polar surface area (TPSA) is 98.7 Å². The Morgan fingerprint density at radius 2 is 1.72 bits per heavy atom. The molecule has 0 unspecified atom stereocenters. The Bertz CT molecular complexity index is 333. The predicted molar refractivity (Wildman–Crippen MR) is 51.6 cm³/mol. The summed E-state index contributed by atoms with van der Waals surface area (Å²) in [7, 11) is 0. The average molecular weight is 270 g/mol. The standard InChI is InChI=1S/C7H12N2O2.C2HF3O2/c10-6(9-11)5-1-7(2-5)3-8-4-7;3-2(4,5)1(6)7/h5,8,11H,1-4H2,(H,9,10);(H,6,7). The van der Waals surface area contributed by atoms with E-state index in [0.717, 1.165) is 25.9 Å². The fourth-order valence-electron chi connectivity index (χ4n) is 2.03. The molecule has 0 radical (unpaired) electrons. The fraction of sp³-hybridized carbons (Fsp3) is 0.778. The molecule has 1 amide bonds. The van der Waals surface area contributed by atoms with E-state index in [4.69, 9.17) is 15.1 Å². The highest BCUT2D eigenvalue weighted by atomic mass is 19.4. The molecule has 18 heavy (non-hydrogen) atoms. The third kappa shape index (κ3) is 3.33. The molecule has 0 aromatic rings. The summed E-state index contributed by atoms with van der Waals surface area (Å²) in [5, 5.41) is 18.6. The Hall–Kier alpha value is -1.35. The van der Waals surface area contributed by atoms with E-state index in [1.165, 1.54) is 0 Å².